The van der Waals surface area contributed by atoms with E-state index in [0.29, 0.717) is 12.7 Å². The highest BCUT2D eigenvalue weighted by molar-refractivity contribution is 5.26. The molecule has 1 heterocycles. The van der Waals surface area contributed by atoms with Crippen molar-refractivity contribution >= 4 is 0 Å². The Morgan fingerprint density at radius 3 is 2.50 bits per heavy atom. The van der Waals surface area contributed by atoms with Gasteiger partial charge in [0.25, 0.3) is 0 Å². The van der Waals surface area contributed by atoms with Gasteiger partial charge in [0, 0.05) is 0 Å². The van der Waals surface area contributed by atoms with Crippen LogP contribution in [-0.2, 0) is 15.1 Å². The molecule has 0 spiro atoms. The van der Waals surface area contributed by atoms with Gasteiger partial charge in [0.1, 0.15) is 6.10 Å². The summed E-state index contributed by atoms with van der Waals surface area (Å²) in [6.45, 7) is 7.98. The van der Waals surface area contributed by atoms with E-state index in [4.69, 9.17) is 9.47 Å². The first-order valence-electron chi connectivity index (χ1n) is 5.97. The van der Waals surface area contributed by atoms with Crippen molar-refractivity contribution in [3.63, 3.8) is 0 Å². The molecule has 0 radical (unpaired) electrons. The monoisotopic (exact) mass is 220 g/mol. The van der Waals surface area contributed by atoms with E-state index in [1.54, 1.807) is 0 Å². The van der Waals surface area contributed by atoms with E-state index >= 15 is 0 Å². The molecule has 1 saturated heterocycles. The molecule has 2 heteroatoms. The molecule has 0 N–H and O–H groups in total. The maximum Gasteiger partial charge on any atom is 0.104 e. The molecule has 0 aromatic heterocycles. The SMILES string of the molecule is CCC(C)(OCC1CO1)c1ccc(C)cc1. The van der Waals surface area contributed by atoms with E-state index in [9.17, 15) is 0 Å². The maximum atomic E-state index is 6.00. The molecule has 16 heavy (non-hydrogen) atoms. The Kier molecular flexibility index (Phi) is 3.31. The molecule has 0 bridgehead atoms. The van der Waals surface area contributed by atoms with Crippen molar-refractivity contribution in [3.8, 4) is 0 Å². The lowest BCUT2D eigenvalue weighted by atomic mass is 9.92. The molecule has 0 amide bonds. The molecule has 88 valence electrons. The number of epoxide rings is 1. The molecule has 0 aliphatic carbocycles. The Morgan fingerprint density at radius 1 is 1.38 bits per heavy atom. The Balaban J connectivity index is 2.08. The van der Waals surface area contributed by atoms with Crippen LogP contribution in [0, 0.1) is 6.92 Å². The molecule has 2 atom stereocenters. The Morgan fingerprint density at radius 2 is 2.00 bits per heavy atom. The first-order chi connectivity index (χ1) is 7.64. The van der Waals surface area contributed by atoms with Crippen LogP contribution in [0.1, 0.15) is 31.4 Å². The molecular weight excluding hydrogens is 200 g/mol. The van der Waals surface area contributed by atoms with Crippen LogP contribution in [0.4, 0.5) is 0 Å². The van der Waals surface area contributed by atoms with Crippen molar-refractivity contribution in [2.45, 2.75) is 38.9 Å². The van der Waals surface area contributed by atoms with Crippen molar-refractivity contribution in [1.82, 2.24) is 0 Å². The Hall–Kier alpha value is -0.860. The van der Waals surface area contributed by atoms with Crippen molar-refractivity contribution in [3.05, 3.63) is 35.4 Å². The second kappa shape index (κ2) is 4.56. The fraction of sp³-hybridized carbons (Fsp3) is 0.571. The van der Waals surface area contributed by atoms with Crippen LogP contribution >= 0.6 is 0 Å². The standard InChI is InChI=1S/C14H20O2/c1-4-14(3,16-10-13-9-15-13)12-7-5-11(2)6-8-12/h5-8,13H,4,9-10H2,1-3H3. The summed E-state index contributed by atoms with van der Waals surface area (Å²) in [6, 6.07) is 8.60. The molecule has 1 fully saturated rings. The average Bonchev–Trinajstić information content (AvgIpc) is 3.11. The van der Waals surface area contributed by atoms with E-state index in [-0.39, 0.29) is 5.60 Å². The molecule has 2 unspecified atom stereocenters. The lowest BCUT2D eigenvalue weighted by molar-refractivity contribution is -0.0454. The summed E-state index contributed by atoms with van der Waals surface area (Å²) in [6.07, 6.45) is 1.30. The number of hydrogen-bond donors (Lipinski definition) is 0. The zero-order chi connectivity index (χ0) is 11.6. The Bertz CT molecular complexity index is 340. The van der Waals surface area contributed by atoms with Crippen molar-refractivity contribution < 1.29 is 9.47 Å². The smallest absolute Gasteiger partial charge is 0.104 e. The quantitative estimate of drug-likeness (QED) is 0.711. The summed E-state index contributed by atoms with van der Waals surface area (Å²) in [4.78, 5) is 0. The van der Waals surface area contributed by atoms with Crippen LogP contribution in [0.25, 0.3) is 0 Å². The molecule has 2 rings (SSSR count). The highest BCUT2D eigenvalue weighted by atomic mass is 16.6. The highest BCUT2D eigenvalue weighted by Gasteiger charge is 2.30. The van der Waals surface area contributed by atoms with Crippen LogP contribution in [0.5, 0.6) is 0 Å². The minimum Gasteiger partial charge on any atom is -0.371 e. The molecule has 2 nitrogen and oxygen atoms in total. The number of benzene rings is 1. The van der Waals surface area contributed by atoms with Gasteiger partial charge in [-0.05, 0) is 25.8 Å². The van der Waals surface area contributed by atoms with E-state index < -0.39 is 0 Å². The van der Waals surface area contributed by atoms with E-state index in [1.807, 2.05) is 0 Å². The molecular formula is C14H20O2. The van der Waals surface area contributed by atoms with Crippen LogP contribution in [-0.4, -0.2) is 19.3 Å². The topological polar surface area (TPSA) is 21.8 Å². The van der Waals surface area contributed by atoms with Gasteiger partial charge in [0.15, 0.2) is 0 Å². The predicted octanol–water partition coefficient (Wildman–Crippen LogP) is 3.04. The summed E-state index contributed by atoms with van der Waals surface area (Å²) in [5, 5.41) is 0. The van der Waals surface area contributed by atoms with Gasteiger partial charge in [0.05, 0.1) is 18.8 Å². The van der Waals surface area contributed by atoms with Crippen LogP contribution < -0.4 is 0 Å². The van der Waals surface area contributed by atoms with Crippen LogP contribution in [0.2, 0.25) is 0 Å². The molecule has 1 aromatic rings. The zero-order valence-corrected chi connectivity index (χ0v) is 10.3. The maximum absolute atomic E-state index is 6.00. The minimum absolute atomic E-state index is 0.181. The first kappa shape index (κ1) is 11.6. The first-order valence-corrected chi connectivity index (χ1v) is 5.97. The van der Waals surface area contributed by atoms with Gasteiger partial charge in [0.2, 0.25) is 0 Å². The number of aryl methyl sites for hydroxylation is 1. The van der Waals surface area contributed by atoms with Gasteiger partial charge in [-0.3, -0.25) is 0 Å². The van der Waals surface area contributed by atoms with Crippen molar-refractivity contribution in [2.75, 3.05) is 13.2 Å². The predicted molar refractivity (Wildman–Crippen MR) is 64.5 cm³/mol. The summed E-state index contributed by atoms with van der Waals surface area (Å²) in [5.41, 5.74) is 2.36. The highest BCUT2D eigenvalue weighted by Crippen LogP contribution is 2.30. The fourth-order valence-corrected chi connectivity index (χ4v) is 1.74. The summed E-state index contributed by atoms with van der Waals surface area (Å²) < 4.78 is 11.2. The third-order valence-electron chi connectivity index (χ3n) is 3.33. The summed E-state index contributed by atoms with van der Waals surface area (Å²) >= 11 is 0. The van der Waals surface area contributed by atoms with Gasteiger partial charge in [-0.1, -0.05) is 36.8 Å². The van der Waals surface area contributed by atoms with Crippen LogP contribution in [0.3, 0.4) is 0 Å². The number of ether oxygens (including phenoxy) is 2. The minimum atomic E-state index is -0.181. The van der Waals surface area contributed by atoms with Crippen molar-refractivity contribution in [2.24, 2.45) is 0 Å². The van der Waals surface area contributed by atoms with Gasteiger partial charge in [-0.2, -0.15) is 0 Å². The normalized spacial score (nSPS) is 22.8. The molecule has 0 saturated carbocycles. The average molecular weight is 220 g/mol. The third-order valence-corrected chi connectivity index (χ3v) is 3.33. The van der Waals surface area contributed by atoms with E-state index in [1.165, 1.54) is 11.1 Å². The van der Waals surface area contributed by atoms with E-state index in [0.717, 1.165) is 13.0 Å². The van der Waals surface area contributed by atoms with Crippen LogP contribution in [0.15, 0.2) is 24.3 Å². The van der Waals surface area contributed by atoms with E-state index in [2.05, 4.69) is 45.0 Å². The lowest BCUT2D eigenvalue weighted by Crippen LogP contribution is -2.27. The Labute approximate surface area is 97.6 Å². The molecule has 1 aliphatic rings. The summed E-state index contributed by atoms with van der Waals surface area (Å²) in [7, 11) is 0. The lowest BCUT2D eigenvalue weighted by Gasteiger charge is -2.29. The molecule has 1 aromatic carbocycles. The number of rotatable bonds is 5. The van der Waals surface area contributed by atoms with Gasteiger partial charge in [-0.25, -0.2) is 0 Å². The van der Waals surface area contributed by atoms with Gasteiger partial charge < -0.3 is 9.47 Å². The second-order valence-electron chi connectivity index (χ2n) is 4.72. The van der Waals surface area contributed by atoms with Gasteiger partial charge in [-0.15, -0.1) is 0 Å². The largest absolute Gasteiger partial charge is 0.371 e. The van der Waals surface area contributed by atoms with Crippen molar-refractivity contribution in [1.29, 1.82) is 0 Å². The second-order valence-corrected chi connectivity index (χ2v) is 4.72. The summed E-state index contributed by atoms with van der Waals surface area (Å²) in [5.74, 6) is 0. The molecule has 1 aliphatic heterocycles. The number of hydrogen-bond acceptors (Lipinski definition) is 2. The van der Waals surface area contributed by atoms with Gasteiger partial charge >= 0.3 is 0 Å². The zero-order valence-electron chi connectivity index (χ0n) is 10.3. The fourth-order valence-electron chi connectivity index (χ4n) is 1.74. The third kappa shape index (κ3) is 2.63.